The molecule has 0 unspecified atom stereocenters. The molecule has 0 spiro atoms. The van der Waals surface area contributed by atoms with Gasteiger partial charge in [-0.05, 0) is 37.0 Å². The molecule has 154 valence electrons. The van der Waals surface area contributed by atoms with Gasteiger partial charge in [-0.15, -0.1) is 0 Å². The summed E-state index contributed by atoms with van der Waals surface area (Å²) in [7, 11) is 3.61. The fourth-order valence-corrected chi connectivity index (χ4v) is 5.48. The van der Waals surface area contributed by atoms with E-state index in [1.807, 2.05) is 31.4 Å². The summed E-state index contributed by atoms with van der Waals surface area (Å²) in [6.07, 6.45) is 4.97. The van der Waals surface area contributed by atoms with E-state index >= 15 is 0 Å². The summed E-state index contributed by atoms with van der Waals surface area (Å²) in [5.74, 6) is 0.701. The molecule has 9 heteroatoms. The third-order valence-corrected chi connectivity index (χ3v) is 7.23. The lowest BCUT2D eigenvalue weighted by Crippen LogP contribution is -2.40. The number of hydrogen-bond donors (Lipinski definition) is 2. The van der Waals surface area contributed by atoms with Crippen LogP contribution in [0.25, 0.3) is 33.1 Å². The molecule has 2 bridgehead atoms. The van der Waals surface area contributed by atoms with Gasteiger partial charge in [0.05, 0.1) is 10.9 Å². The SMILES string of the molecule is Cn1nc2ccc(-c3c[nH]c4nc(N5[C@H]6CC[C@@H]5[C@H](N)C6)n(C)c(=O)c34)cc2c1Cl. The van der Waals surface area contributed by atoms with Crippen LogP contribution in [0.4, 0.5) is 5.95 Å². The fourth-order valence-electron chi connectivity index (χ4n) is 5.29. The lowest BCUT2D eigenvalue weighted by Gasteiger charge is -2.25. The normalized spacial score (nSPS) is 23.3. The first-order chi connectivity index (χ1) is 14.4. The van der Waals surface area contributed by atoms with Gasteiger partial charge < -0.3 is 15.6 Å². The van der Waals surface area contributed by atoms with Crippen LogP contribution in [0.2, 0.25) is 5.15 Å². The summed E-state index contributed by atoms with van der Waals surface area (Å²) >= 11 is 6.39. The van der Waals surface area contributed by atoms with Crippen LogP contribution in [0, 0.1) is 0 Å². The minimum atomic E-state index is -0.0662. The molecule has 6 rings (SSSR count). The number of nitrogens with one attached hydrogen (secondary N) is 1. The lowest BCUT2D eigenvalue weighted by atomic mass is 9.97. The van der Waals surface area contributed by atoms with E-state index in [1.165, 1.54) is 0 Å². The van der Waals surface area contributed by atoms with Crippen molar-refractivity contribution in [2.24, 2.45) is 19.8 Å². The van der Waals surface area contributed by atoms with Gasteiger partial charge in [0.15, 0.2) is 0 Å². The summed E-state index contributed by atoms with van der Waals surface area (Å²) in [5, 5.41) is 6.40. The van der Waals surface area contributed by atoms with Crippen LogP contribution in [-0.4, -0.2) is 42.4 Å². The highest BCUT2D eigenvalue weighted by Gasteiger charge is 2.46. The molecule has 30 heavy (non-hydrogen) atoms. The zero-order valence-electron chi connectivity index (χ0n) is 16.8. The molecule has 2 fully saturated rings. The van der Waals surface area contributed by atoms with E-state index in [4.69, 9.17) is 22.3 Å². The standard InChI is InChI=1S/C21H22ClN7O/c1-27-20(30)17-13(10-3-5-15-12(7-10)18(22)28(2)26-15)9-24-19(17)25-21(27)29-11-4-6-16(29)14(23)8-11/h3,5,7,9,11,14,16,24H,4,6,8,23H2,1-2H3/t11-,14+,16+/m0/s1. The number of fused-ring (bicyclic) bond motifs is 4. The molecule has 4 aromatic rings. The highest BCUT2D eigenvalue weighted by molar-refractivity contribution is 6.34. The van der Waals surface area contributed by atoms with Crippen molar-refractivity contribution >= 4 is 39.5 Å². The second-order valence-electron chi connectivity index (χ2n) is 8.45. The number of aromatic nitrogens is 5. The van der Waals surface area contributed by atoms with Gasteiger partial charge in [-0.2, -0.15) is 10.1 Å². The number of halogens is 1. The summed E-state index contributed by atoms with van der Waals surface area (Å²) in [6.45, 7) is 0. The Kier molecular flexibility index (Phi) is 3.65. The van der Waals surface area contributed by atoms with Gasteiger partial charge in [-0.25, -0.2) is 0 Å². The highest BCUT2D eigenvalue weighted by atomic mass is 35.5. The Labute approximate surface area is 177 Å². The predicted molar refractivity (Wildman–Crippen MR) is 118 cm³/mol. The largest absolute Gasteiger partial charge is 0.345 e. The molecular formula is C21H22ClN7O. The Balaban J connectivity index is 1.52. The van der Waals surface area contributed by atoms with E-state index in [9.17, 15) is 4.79 Å². The maximum atomic E-state index is 13.4. The Bertz CT molecular complexity index is 1380. The number of benzene rings is 1. The zero-order chi connectivity index (χ0) is 20.7. The third kappa shape index (κ3) is 2.29. The summed E-state index contributed by atoms with van der Waals surface area (Å²) in [4.78, 5) is 23.7. The van der Waals surface area contributed by atoms with Crippen LogP contribution in [0.5, 0.6) is 0 Å². The summed E-state index contributed by atoms with van der Waals surface area (Å²) in [5.41, 5.74) is 9.37. The van der Waals surface area contributed by atoms with Gasteiger partial charge in [0.25, 0.3) is 5.56 Å². The van der Waals surface area contributed by atoms with Crippen LogP contribution in [-0.2, 0) is 14.1 Å². The van der Waals surface area contributed by atoms with Crippen LogP contribution >= 0.6 is 11.6 Å². The average molecular weight is 424 g/mol. The molecule has 2 saturated heterocycles. The van der Waals surface area contributed by atoms with Crippen molar-refractivity contribution in [2.45, 2.75) is 37.4 Å². The fraction of sp³-hybridized carbons (Fsp3) is 0.381. The summed E-state index contributed by atoms with van der Waals surface area (Å²) < 4.78 is 3.31. The predicted octanol–water partition coefficient (Wildman–Crippen LogP) is 2.54. The van der Waals surface area contributed by atoms with E-state index in [2.05, 4.69) is 15.0 Å². The van der Waals surface area contributed by atoms with Crippen molar-refractivity contribution in [2.75, 3.05) is 4.90 Å². The molecule has 8 nitrogen and oxygen atoms in total. The van der Waals surface area contributed by atoms with E-state index in [-0.39, 0.29) is 17.6 Å². The first-order valence-electron chi connectivity index (χ1n) is 10.2. The molecule has 5 heterocycles. The Morgan fingerprint density at radius 3 is 2.83 bits per heavy atom. The number of H-pyrrole nitrogens is 1. The maximum Gasteiger partial charge on any atom is 0.264 e. The molecule has 3 aromatic heterocycles. The van der Waals surface area contributed by atoms with E-state index in [0.717, 1.165) is 41.3 Å². The second kappa shape index (κ2) is 6.09. The van der Waals surface area contributed by atoms with Crippen LogP contribution in [0.3, 0.4) is 0 Å². The van der Waals surface area contributed by atoms with Crippen LogP contribution < -0.4 is 16.2 Å². The van der Waals surface area contributed by atoms with Crippen LogP contribution in [0.1, 0.15) is 19.3 Å². The van der Waals surface area contributed by atoms with Crippen molar-refractivity contribution < 1.29 is 0 Å². The van der Waals surface area contributed by atoms with Gasteiger partial charge >= 0.3 is 0 Å². The number of nitrogens with zero attached hydrogens (tertiary/aromatic N) is 5. The van der Waals surface area contributed by atoms with Crippen LogP contribution in [0.15, 0.2) is 29.2 Å². The number of aromatic amines is 1. The molecule has 2 aliphatic heterocycles. The molecule has 0 saturated carbocycles. The Morgan fingerprint density at radius 1 is 1.27 bits per heavy atom. The molecule has 0 aliphatic carbocycles. The first-order valence-corrected chi connectivity index (χ1v) is 10.6. The minimum Gasteiger partial charge on any atom is -0.345 e. The van der Waals surface area contributed by atoms with Gasteiger partial charge in [0.1, 0.15) is 10.8 Å². The summed E-state index contributed by atoms with van der Waals surface area (Å²) in [6, 6.07) is 6.62. The molecule has 1 aromatic carbocycles. The zero-order valence-corrected chi connectivity index (χ0v) is 17.5. The van der Waals surface area contributed by atoms with Gasteiger partial charge in [0, 0.05) is 49.4 Å². The number of aryl methyl sites for hydroxylation is 1. The molecule has 3 atom stereocenters. The maximum absolute atomic E-state index is 13.4. The molecule has 2 aliphatic rings. The van der Waals surface area contributed by atoms with E-state index in [1.54, 1.807) is 16.3 Å². The van der Waals surface area contributed by atoms with Crippen molar-refractivity contribution in [3.63, 3.8) is 0 Å². The number of anilines is 1. The van der Waals surface area contributed by atoms with Gasteiger partial charge in [0.2, 0.25) is 5.95 Å². The minimum absolute atomic E-state index is 0.0662. The monoisotopic (exact) mass is 423 g/mol. The quantitative estimate of drug-likeness (QED) is 0.516. The smallest absolute Gasteiger partial charge is 0.264 e. The first kappa shape index (κ1) is 18.0. The van der Waals surface area contributed by atoms with Crippen molar-refractivity contribution in [1.29, 1.82) is 0 Å². The van der Waals surface area contributed by atoms with Crippen molar-refractivity contribution in [3.8, 4) is 11.1 Å². The lowest BCUT2D eigenvalue weighted by molar-refractivity contribution is 0.503. The van der Waals surface area contributed by atoms with E-state index < -0.39 is 0 Å². The topological polar surface area (TPSA) is 97.8 Å². The number of rotatable bonds is 2. The Morgan fingerprint density at radius 2 is 2.10 bits per heavy atom. The van der Waals surface area contributed by atoms with Crippen molar-refractivity contribution in [3.05, 3.63) is 39.9 Å². The van der Waals surface area contributed by atoms with Gasteiger partial charge in [-0.1, -0.05) is 17.7 Å². The number of hydrogen-bond acceptors (Lipinski definition) is 5. The number of nitrogens with two attached hydrogens (primary N) is 1. The second-order valence-corrected chi connectivity index (χ2v) is 8.81. The molecule has 3 N–H and O–H groups in total. The van der Waals surface area contributed by atoms with E-state index in [0.29, 0.717) is 28.2 Å². The highest BCUT2D eigenvalue weighted by Crippen LogP contribution is 2.40. The molecule has 0 amide bonds. The van der Waals surface area contributed by atoms with Gasteiger partial charge in [-0.3, -0.25) is 14.0 Å². The molecular weight excluding hydrogens is 402 g/mol. The third-order valence-electron chi connectivity index (χ3n) is 6.78. The Hall–Kier alpha value is -2.84. The average Bonchev–Trinajstić information content (AvgIpc) is 3.47. The van der Waals surface area contributed by atoms with Crippen molar-refractivity contribution in [1.82, 2.24) is 24.3 Å². The molecule has 0 radical (unpaired) electrons.